The summed E-state index contributed by atoms with van der Waals surface area (Å²) in [6, 6.07) is 12.7. The third-order valence-electron chi connectivity index (χ3n) is 2.58. The number of halogens is 1. The number of rotatable bonds is 4. The summed E-state index contributed by atoms with van der Waals surface area (Å²) in [5.74, 6) is -0.671. The van der Waals surface area contributed by atoms with E-state index in [4.69, 9.17) is 0 Å². The molecule has 0 aliphatic heterocycles. The smallest absolute Gasteiger partial charge is 0.337 e. The van der Waals surface area contributed by atoms with E-state index in [1.165, 1.54) is 19.2 Å². The quantitative estimate of drug-likeness (QED) is 0.528. The molecule has 2 aromatic carbocycles. The fraction of sp³-hybridized carbons (Fsp3) is 0.0667. The largest absolute Gasteiger partial charge is 0.465 e. The highest BCUT2D eigenvalue weighted by atomic mass is 19.1. The molecular formula is C15H13FN2O2. The zero-order valence-corrected chi connectivity index (χ0v) is 10.8. The predicted molar refractivity (Wildman–Crippen MR) is 75.4 cm³/mol. The molecular weight excluding hydrogens is 259 g/mol. The minimum atomic E-state index is -0.377. The average molecular weight is 272 g/mol. The summed E-state index contributed by atoms with van der Waals surface area (Å²) in [6.07, 6.45) is 1.60. The predicted octanol–water partition coefficient (Wildman–Crippen LogP) is 3.06. The molecule has 0 atom stereocenters. The van der Waals surface area contributed by atoms with E-state index in [0.717, 1.165) is 5.56 Å². The van der Waals surface area contributed by atoms with E-state index in [9.17, 15) is 9.18 Å². The number of esters is 1. The van der Waals surface area contributed by atoms with Crippen LogP contribution in [0.1, 0.15) is 15.9 Å². The Morgan fingerprint density at radius 1 is 1.15 bits per heavy atom. The summed E-state index contributed by atoms with van der Waals surface area (Å²) < 4.78 is 17.3. The molecule has 0 unspecified atom stereocenters. The van der Waals surface area contributed by atoms with E-state index in [0.29, 0.717) is 11.3 Å². The molecule has 0 radical (unpaired) electrons. The Labute approximate surface area is 115 Å². The Bertz CT molecular complexity index is 607. The van der Waals surface area contributed by atoms with Crippen LogP contribution in [-0.4, -0.2) is 19.3 Å². The summed E-state index contributed by atoms with van der Waals surface area (Å²) in [6.45, 7) is 0. The minimum absolute atomic E-state index is 0.294. The molecule has 20 heavy (non-hydrogen) atoms. The third-order valence-corrected chi connectivity index (χ3v) is 2.58. The fourth-order valence-electron chi connectivity index (χ4n) is 1.53. The second-order valence-electron chi connectivity index (χ2n) is 3.99. The van der Waals surface area contributed by atoms with Crippen molar-refractivity contribution >= 4 is 17.9 Å². The van der Waals surface area contributed by atoms with Gasteiger partial charge in [0.2, 0.25) is 0 Å². The summed E-state index contributed by atoms with van der Waals surface area (Å²) in [5, 5.41) is 4.02. The number of hydrogen-bond acceptors (Lipinski definition) is 4. The molecule has 0 amide bonds. The highest BCUT2D eigenvalue weighted by Gasteiger charge is 2.03. The van der Waals surface area contributed by atoms with Crippen LogP contribution in [0.15, 0.2) is 53.6 Å². The van der Waals surface area contributed by atoms with Gasteiger partial charge in [-0.15, -0.1) is 0 Å². The molecule has 0 aromatic heterocycles. The lowest BCUT2D eigenvalue weighted by atomic mass is 10.1. The summed E-state index contributed by atoms with van der Waals surface area (Å²) in [5.41, 5.74) is 4.78. The van der Waals surface area contributed by atoms with Gasteiger partial charge in [-0.05, 0) is 42.0 Å². The van der Waals surface area contributed by atoms with E-state index < -0.39 is 0 Å². The summed E-state index contributed by atoms with van der Waals surface area (Å²) >= 11 is 0. The molecule has 0 saturated heterocycles. The SMILES string of the molecule is COC(=O)c1ccc(/C=N\Nc2ccc(F)cc2)cc1. The van der Waals surface area contributed by atoms with Crippen LogP contribution in [0.5, 0.6) is 0 Å². The van der Waals surface area contributed by atoms with Gasteiger partial charge in [-0.2, -0.15) is 5.10 Å². The van der Waals surface area contributed by atoms with Crippen molar-refractivity contribution in [2.45, 2.75) is 0 Å². The molecule has 4 nitrogen and oxygen atoms in total. The third kappa shape index (κ3) is 3.65. The first kappa shape index (κ1) is 13.7. The van der Waals surface area contributed by atoms with Crippen LogP contribution in [0.25, 0.3) is 0 Å². The normalized spacial score (nSPS) is 10.5. The number of nitrogens with zero attached hydrogens (tertiary/aromatic N) is 1. The Morgan fingerprint density at radius 2 is 1.80 bits per heavy atom. The molecule has 102 valence electrons. The molecule has 5 heteroatoms. The topological polar surface area (TPSA) is 50.7 Å². The van der Waals surface area contributed by atoms with Crippen LogP contribution in [0.3, 0.4) is 0 Å². The second kappa shape index (κ2) is 6.47. The van der Waals surface area contributed by atoms with Gasteiger partial charge in [0.25, 0.3) is 0 Å². The maximum atomic E-state index is 12.7. The van der Waals surface area contributed by atoms with Gasteiger partial charge in [-0.25, -0.2) is 9.18 Å². The molecule has 2 aromatic rings. The van der Waals surface area contributed by atoms with E-state index in [1.807, 2.05) is 0 Å². The van der Waals surface area contributed by atoms with E-state index in [2.05, 4.69) is 15.3 Å². The first-order chi connectivity index (χ1) is 9.69. The van der Waals surface area contributed by atoms with Crippen LogP contribution in [0.2, 0.25) is 0 Å². The first-order valence-electron chi connectivity index (χ1n) is 5.92. The van der Waals surface area contributed by atoms with E-state index in [-0.39, 0.29) is 11.8 Å². The van der Waals surface area contributed by atoms with Gasteiger partial charge in [0.1, 0.15) is 5.82 Å². The fourth-order valence-corrected chi connectivity index (χ4v) is 1.53. The van der Waals surface area contributed by atoms with Crippen LogP contribution in [0, 0.1) is 5.82 Å². The van der Waals surface area contributed by atoms with E-state index >= 15 is 0 Å². The standard InChI is InChI=1S/C15H13FN2O2/c1-20-15(19)12-4-2-11(3-5-12)10-17-18-14-8-6-13(16)7-9-14/h2-10,18H,1H3/b17-10-. The summed E-state index contributed by atoms with van der Waals surface area (Å²) in [4.78, 5) is 11.3. The molecule has 0 fully saturated rings. The monoisotopic (exact) mass is 272 g/mol. The number of hydrazone groups is 1. The van der Waals surface area contributed by atoms with Gasteiger partial charge in [0, 0.05) is 0 Å². The molecule has 0 spiro atoms. The zero-order chi connectivity index (χ0) is 14.4. The molecule has 0 aliphatic carbocycles. The Morgan fingerprint density at radius 3 is 2.40 bits per heavy atom. The van der Waals surface area contributed by atoms with Crippen molar-refractivity contribution in [3.63, 3.8) is 0 Å². The minimum Gasteiger partial charge on any atom is -0.465 e. The van der Waals surface area contributed by atoms with Crippen molar-refractivity contribution in [1.82, 2.24) is 0 Å². The number of anilines is 1. The molecule has 0 aliphatic rings. The van der Waals surface area contributed by atoms with E-state index in [1.54, 1.807) is 42.6 Å². The van der Waals surface area contributed by atoms with Gasteiger partial charge in [-0.3, -0.25) is 5.43 Å². The highest BCUT2D eigenvalue weighted by Crippen LogP contribution is 2.08. The number of ether oxygens (including phenoxy) is 1. The number of benzene rings is 2. The van der Waals surface area contributed by atoms with Crippen LogP contribution < -0.4 is 5.43 Å². The van der Waals surface area contributed by atoms with Crippen LogP contribution >= 0.6 is 0 Å². The van der Waals surface area contributed by atoms with Crippen molar-refractivity contribution in [3.05, 3.63) is 65.5 Å². The summed E-state index contributed by atoms with van der Waals surface area (Å²) in [7, 11) is 1.34. The molecule has 0 saturated carbocycles. The molecule has 0 bridgehead atoms. The maximum absolute atomic E-state index is 12.7. The number of hydrogen-bond donors (Lipinski definition) is 1. The Hall–Kier alpha value is -2.69. The first-order valence-corrected chi connectivity index (χ1v) is 5.92. The number of carbonyl (C=O) groups is 1. The molecule has 1 N–H and O–H groups in total. The molecule has 2 rings (SSSR count). The van der Waals surface area contributed by atoms with Crippen molar-refractivity contribution in [1.29, 1.82) is 0 Å². The van der Waals surface area contributed by atoms with Gasteiger partial charge in [0.05, 0.1) is 24.6 Å². The number of nitrogens with one attached hydrogen (secondary N) is 1. The second-order valence-corrected chi connectivity index (χ2v) is 3.99. The average Bonchev–Trinajstić information content (AvgIpc) is 2.49. The maximum Gasteiger partial charge on any atom is 0.337 e. The van der Waals surface area contributed by atoms with Gasteiger partial charge < -0.3 is 4.74 Å². The van der Waals surface area contributed by atoms with Crippen LogP contribution in [-0.2, 0) is 4.74 Å². The lowest BCUT2D eigenvalue weighted by molar-refractivity contribution is 0.0600. The van der Waals surface area contributed by atoms with Crippen LogP contribution in [0.4, 0.5) is 10.1 Å². The highest BCUT2D eigenvalue weighted by molar-refractivity contribution is 5.90. The lowest BCUT2D eigenvalue weighted by Crippen LogP contribution is -2.00. The van der Waals surface area contributed by atoms with Crippen molar-refractivity contribution < 1.29 is 13.9 Å². The Balaban J connectivity index is 1.97. The number of carbonyl (C=O) groups excluding carboxylic acids is 1. The van der Waals surface area contributed by atoms with Gasteiger partial charge >= 0.3 is 5.97 Å². The Kier molecular flexibility index (Phi) is 4.44. The van der Waals surface area contributed by atoms with Crippen molar-refractivity contribution in [2.24, 2.45) is 5.10 Å². The van der Waals surface area contributed by atoms with Gasteiger partial charge in [-0.1, -0.05) is 12.1 Å². The lowest BCUT2D eigenvalue weighted by Gasteiger charge is -2.00. The zero-order valence-electron chi connectivity index (χ0n) is 10.8. The van der Waals surface area contributed by atoms with Crippen molar-refractivity contribution in [2.75, 3.05) is 12.5 Å². The van der Waals surface area contributed by atoms with Gasteiger partial charge in [0.15, 0.2) is 0 Å². The molecule has 0 heterocycles. The van der Waals surface area contributed by atoms with Crippen molar-refractivity contribution in [3.8, 4) is 0 Å². The number of methoxy groups -OCH3 is 1.